The standard InChI is InChI=1S/C13H16Cl3N/c14-11-3-1-9(5-11)7-17-8-10-2-4-12(15)6-13(10)16/h2,4,6,9,11,17H,1,3,5,7-8H2. The van der Waals surface area contributed by atoms with Gasteiger partial charge in [0.15, 0.2) is 0 Å². The minimum atomic E-state index is 0.376. The fourth-order valence-electron chi connectivity index (χ4n) is 2.28. The molecule has 0 saturated heterocycles. The number of nitrogens with one attached hydrogen (secondary N) is 1. The Labute approximate surface area is 117 Å². The van der Waals surface area contributed by atoms with E-state index in [1.807, 2.05) is 12.1 Å². The second-order valence-corrected chi connectivity index (χ2v) is 6.10. The molecule has 17 heavy (non-hydrogen) atoms. The summed E-state index contributed by atoms with van der Waals surface area (Å²) in [6.07, 6.45) is 3.51. The van der Waals surface area contributed by atoms with Crippen LogP contribution in [0.3, 0.4) is 0 Å². The summed E-state index contributed by atoms with van der Waals surface area (Å²) in [5, 5.41) is 5.22. The summed E-state index contributed by atoms with van der Waals surface area (Å²) in [6.45, 7) is 1.81. The average molecular weight is 293 g/mol. The van der Waals surface area contributed by atoms with Gasteiger partial charge in [0, 0.05) is 22.0 Å². The van der Waals surface area contributed by atoms with Crippen LogP contribution in [-0.4, -0.2) is 11.9 Å². The van der Waals surface area contributed by atoms with E-state index in [1.165, 1.54) is 6.42 Å². The fourth-order valence-corrected chi connectivity index (χ4v) is 3.13. The Hall–Kier alpha value is 0.0500. The fraction of sp³-hybridized carbons (Fsp3) is 0.538. The molecule has 1 aliphatic carbocycles. The Morgan fingerprint density at radius 3 is 2.71 bits per heavy atom. The molecule has 2 atom stereocenters. The maximum absolute atomic E-state index is 6.10. The van der Waals surface area contributed by atoms with Crippen molar-refractivity contribution in [2.24, 2.45) is 5.92 Å². The number of alkyl halides is 1. The van der Waals surface area contributed by atoms with Crippen molar-refractivity contribution >= 4 is 34.8 Å². The van der Waals surface area contributed by atoms with Crippen molar-refractivity contribution in [1.29, 1.82) is 0 Å². The number of hydrogen-bond acceptors (Lipinski definition) is 1. The van der Waals surface area contributed by atoms with Gasteiger partial charge in [0.25, 0.3) is 0 Å². The van der Waals surface area contributed by atoms with Crippen LogP contribution < -0.4 is 5.32 Å². The minimum Gasteiger partial charge on any atom is -0.312 e. The van der Waals surface area contributed by atoms with Crippen LogP contribution in [0.25, 0.3) is 0 Å². The summed E-state index contributed by atoms with van der Waals surface area (Å²) in [4.78, 5) is 0. The molecule has 1 fully saturated rings. The maximum atomic E-state index is 6.10. The molecule has 2 rings (SSSR count). The summed E-state index contributed by atoms with van der Waals surface area (Å²) in [6, 6.07) is 5.62. The van der Waals surface area contributed by atoms with Crippen LogP contribution in [0.2, 0.25) is 10.0 Å². The molecule has 0 amide bonds. The van der Waals surface area contributed by atoms with Crippen molar-refractivity contribution in [1.82, 2.24) is 5.32 Å². The van der Waals surface area contributed by atoms with Crippen LogP contribution in [-0.2, 0) is 6.54 Å². The predicted molar refractivity (Wildman–Crippen MR) is 75.2 cm³/mol. The van der Waals surface area contributed by atoms with E-state index in [2.05, 4.69) is 5.32 Å². The molecule has 1 nitrogen and oxygen atoms in total. The molecule has 1 aromatic rings. The maximum Gasteiger partial charge on any atom is 0.0465 e. The first-order valence-corrected chi connectivity index (χ1v) is 7.13. The molecule has 2 unspecified atom stereocenters. The largest absolute Gasteiger partial charge is 0.312 e. The molecule has 0 heterocycles. The van der Waals surface area contributed by atoms with Gasteiger partial charge in [-0.25, -0.2) is 0 Å². The third kappa shape index (κ3) is 4.03. The van der Waals surface area contributed by atoms with Gasteiger partial charge in [-0.05, 0) is 49.4 Å². The van der Waals surface area contributed by atoms with Crippen LogP contribution in [0, 0.1) is 5.92 Å². The van der Waals surface area contributed by atoms with Gasteiger partial charge in [0.05, 0.1) is 0 Å². The van der Waals surface area contributed by atoms with Gasteiger partial charge in [-0.3, -0.25) is 0 Å². The van der Waals surface area contributed by atoms with Crippen molar-refractivity contribution in [2.45, 2.75) is 31.2 Å². The highest BCUT2D eigenvalue weighted by Crippen LogP contribution is 2.29. The summed E-state index contributed by atoms with van der Waals surface area (Å²) in [5.41, 5.74) is 1.09. The van der Waals surface area contributed by atoms with E-state index in [4.69, 9.17) is 34.8 Å². The minimum absolute atomic E-state index is 0.376. The first kappa shape index (κ1) is 13.5. The van der Waals surface area contributed by atoms with Crippen LogP contribution in [0.5, 0.6) is 0 Å². The molecule has 94 valence electrons. The predicted octanol–water partition coefficient (Wildman–Crippen LogP) is 4.49. The van der Waals surface area contributed by atoms with Crippen molar-refractivity contribution in [2.75, 3.05) is 6.54 Å². The van der Waals surface area contributed by atoms with Crippen LogP contribution in [0.4, 0.5) is 0 Å². The van der Waals surface area contributed by atoms with Crippen LogP contribution >= 0.6 is 34.8 Å². The first-order valence-electron chi connectivity index (χ1n) is 5.94. The molecule has 1 N–H and O–H groups in total. The Morgan fingerprint density at radius 2 is 2.06 bits per heavy atom. The van der Waals surface area contributed by atoms with Gasteiger partial charge in [0.1, 0.15) is 0 Å². The summed E-state index contributed by atoms with van der Waals surface area (Å²) < 4.78 is 0. The first-order chi connectivity index (χ1) is 8.15. The zero-order valence-electron chi connectivity index (χ0n) is 9.56. The molecule has 4 heteroatoms. The lowest BCUT2D eigenvalue weighted by molar-refractivity contribution is 0.490. The van der Waals surface area contributed by atoms with Gasteiger partial charge >= 0.3 is 0 Å². The molecule has 1 aromatic carbocycles. The number of benzene rings is 1. The van der Waals surface area contributed by atoms with E-state index in [9.17, 15) is 0 Å². The highest BCUT2D eigenvalue weighted by Gasteiger charge is 2.22. The molecule has 0 spiro atoms. The van der Waals surface area contributed by atoms with E-state index in [-0.39, 0.29) is 0 Å². The van der Waals surface area contributed by atoms with Gasteiger partial charge in [-0.1, -0.05) is 29.3 Å². The van der Waals surface area contributed by atoms with Crippen molar-refractivity contribution in [3.05, 3.63) is 33.8 Å². The van der Waals surface area contributed by atoms with E-state index in [1.54, 1.807) is 6.07 Å². The third-order valence-electron chi connectivity index (χ3n) is 3.24. The summed E-state index contributed by atoms with van der Waals surface area (Å²) in [7, 11) is 0. The zero-order valence-corrected chi connectivity index (χ0v) is 11.8. The molecule has 0 radical (unpaired) electrons. The monoisotopic (exact) mass is 291 g/mol. The molecule has 0 bridgehead atoms. The van der Waals surface area contributed by atoms with E-state index < -0.39 is 0 Å². The normalized spacial score (nSPS) is 24.2. The van der Waals surface area contributed by atoms with Crippen LogP contribution in [0.15, 0.2) is 18.2 Å². The SMILES string of the molecule is Clc1ccc(CNCC2CCC(Cl)C2)c(Cl)c1. The average Bonchev–Trinajstić information content (AvgIpc) is 2.68. The van der Waals surface area contributed by atoms with Crippen molar-refractivity contribution < 1.29 is 0 Å². The lowest BCUT2D eigenvalue weighted by Gasteiger charge is -2.11. The Bertz CT molecular complexity index is 381. The summed E-state index contributed by atoms with van der Waals surface area (Å²) >= 11 is 18.0. The second kappa shape index (κ2) is 6.29. The van der Waals surface area contributed by atoms with E-state index >= 15 is 0 Å². The Morgan fingerprint density at radius 1 is 1.24 bits per heavy atom. The molecule has 0 aromatic heterocycles. The molecular formula is C13H16Cl3N. The highest BCUT2D eigenvalue weighted by atomic mass is 35.5. The smallest absolute Gasteiger partial charge is 0.0465 e. The van der Waals surface area contributed by atoms with Gasteiger partial charge in [-0.15, -0.1) is 11.6 Å². The van der Waals surface area contributed by atoms with Crippen LogP contribution in [0.1, 0.15) is 24.8 Å². The van der Waals surface area contributed by atoms with Crippen molar-refractivity contribution in [3.8, 4) is 0 Å². The lowest BCUT2D eigenvalue weighted by atomic mass is 10.1. The summed E-state index contributed by atoms with van der Waals surface area (Å²) in [5.74, 6) is 0.712. The third-order valence-corrected chi connectivity index (χ3v) is 4.22. The number of rotatable bonds is 4. The molecule has 0 aliphatic heterocycles. The molecule has 1 aliphatic rings. The lowest BCUT2D eigenvalue weighted by Crippen LogP contribution is -2.21. The van der Waals surface area contributed by atoms with Gasteiger partial charge in [-0.2, -0.15) is 0 Å². The van der Waals surface area contributed by atoms with E-state index in [0.717, 1.165) is 36.5 Å². The topological polar surface area (TPSA) is 12.0 Å². The highest BCUT2D eigenvalue weighted by molar-refractivity contribution is 6.35. The zero-order chi connectivity index (χ0) is 12.3. The van der Waals surface area contributed by atoms with Gasteiger partial charge < -0.3 is 5.32 Å². The number of hydrogen-bond donors (Lipinski definition) is 1. The Balaban J connectivity index is 1.78. The van der Waals surface area contributed by atoms with E-state index in [0.29, 0.717) is 16.3 Å². The van der Waals surface area contributed by atoms with Crippen molar-refractivity contribution in [3.63, 3.8) is 0 Å². The Kier molecular flexibility index (Phi) is 4.98. The molecule has 1 saturated carbocycles. The number of halogens is 3. The second-order valence-electron chi connectivity index (χ2n) is 4.64. The molecular weight excluding hydrogens is 277 g/mol. The quantitative estimate of drug-likeness (QED) is 0.806. The van der Waals surface area contributed by atoms with Gasteiger partial charge in [0.2, 0.25) is 0 Å².